The van der Waals surface area contributed by atoms with Crippen molar-refractivity contribution in [3.63, 3.8) is 0 Å². The van der Waals surface area contributed by atoms with Gasteiger partial charge in [-0.1, -0.05) is 12.1 Å². The third-order valence-electron chi connectivity index (χ3n) is 2.49. The standard InChI is InChI=1S/C13H19NO2S/c1-17-12-6-4-11(5-7-12)8-10-14-9-2-3-13(15)16/h4-7,14H,2-3,8-10H2,1H3,(H,15,16). The average Bonchev–Trinajstić information content (AvgIpc) is 2.34. The van der Waals surface area contributed by atoms with Crippen molar-refractivity contribution in [1.29, 1.82) is 0 Å². The van der Waals surface area contributed by atoms with E-state index >= 15 is 0 Å². The first-order valence-electron chi connectivity index (χ1n) is 5.78. The Hall–Kier alpha value is -1.00. The second-order valence-corrected chi connectivity index (χ2v) is 4.73. The number of carbonyl (C=O) groups is 1. The van der Waals surface area contributed by atoms with Gasteiger partial charge in [-0.15, -0.1) is 11.8 Å². The molecule has 0 spiro atoms. The molecule has 1 aromatic rings. The molecule has 0 heterocycles. The summed E-state index contributed by atoms with van der Waals surface area (Å²) in [6, 6.07) is 8.55. The van der Waals surface area contributed by atoms with Crippen LogP contribution in [0.25, 0.3) is 0 Å². The highest BCUT2D eigenvalue weighted by molar-refractivity contribution is 7.98. The summed E-state index contributed by atoms with van der Waals surface area (Å²) in [7, 11) is 0. The van der Waals surface area contributed by atoms with E-state index in [1.54, 1.807) is 11.8 Å². The average molecular weight is 253 g/mol. The fourth-order valence-corrected chi connectivity index (χ4v) is 1.92. The van der Waals surface area contributed by atoms with Crippen LogP contribution < -0.4 is 5.32 Å². The van der Waals surface area contributed by atoms with Gasteiger partial charge >= 0.3 is 5.97 Å². The van der Waals surface area contributed by atoms with Crippen molar-refractivity contribution in [1.82, 2.24) is 5.32 Å². The van der Waals surface area contributed by atoms with Gasteiger partial charge in [0.1, 0.15) is 0 Å². The van der Waals surface area contributed by atoms with Crippen LogP contribution in [-0.2, 0) is 11.2 Å². The van der Waals surface area contributed by atoms with E-state index < -0.39 is 5.97 Å². The monoisotopic (exact) mass is 253 g/mol. The Labute approximate surface area is 107 Å². The largest absolute Gasteiger partial charge is 0.481 e. The summed E-state index contributed by atoms with van der Waals surface area (Å²) in [6.07, 6.45) is 4.00. The number of hydrogen-bond donors (Lipinski definition) is 2. The molecule has 3 nitrogen and oxygen atoms in total. The minimum atomic E-state index is -0.723. The Morgan fingerprint density at radius 3 is 2.59 bits per heavy atom. The van der Waals surface area contributed by atoms with Crippen LogP contribution in [0.3, 0.4) is 0 Å². The lowest BCUT2D eigenvalue weighted by Gasteiger charge is -2.04. The van der Waals surface area contributed by atoms with Crippen molar-refractivity contribution in [3.8, 4) is 0 Å². The molecule has 17 heavy (non-hydrogen) atoms. The fraction of sp³-hybridized carbons (Fsp3) is 0.462. The Balaban J connectivity index is 2.11. The summed E-state index contributed by atoms with van der Waals surface area (Å²) in [4.78, 5) is 11.6. The molecule has 0 atom stereocenters. The zero-order chi connectivity index (χ0) is 12.5. The van der Waals surface area contributed by atoms with Crippen LogP contribution in [0.5, 0.6) is 0 Å². The number of carboxylic acid groups (broad SMARTS) is 1. The highest BCUT2D eigenvalue weighted by atomic mass is 32.2. The first-order chi connectivity index (χ1) is 8.22. The number of carboxylic acids is 1. The van der Waals surface area contributed by atoms with E-state index in [-0.39, 0.29) is 6.42 Å². The van der Waals surface area contributed by atoms with E-state index in [9.17, 15) is 4.79 Å². The molecule has 0 saturated carbocycles. The van der Waals surface area contributed by atoms with Crippen LogP contribution in [0.4, 0.5) is 0 Å². The number of aliphatic carboxylic acids is 1. The van der Waals surface area contributed by atoms with E-state index in [4.69, 9.17) is 5.11 Å². The first kappa shape index (κ1) is 14.1. The van der Waals surface area contributed by atoms with Gasteiger partial charge in [-0.3, -0.25) is 4.79 Å². The lowest BCUT2D eigenvalue weighted by Crippen LogP contribution is -2.19. The summed E-state index contributed by atoms with van der Waals surface area (Å²) >= 11 is 1.74. The smallest absolute Gasteiger partial charge is 0.303 e. The van der Waals surface area contributed by atoms with Gasteiger partial charge in [0.15, 0.2) is 0 Å². The molecule has 1 rings (SSSR count). The molecule has 0 aromatic heterocycles. The Kier molecular flexibility index (Phi) is 6.74. The lowest BCUT2D eigenvalue weighted by molar-refractivity contribution is -0.137. The quantitative estimate of drug-likeness (QED) is 0.552. The Bertz CT molecular complexity index is 338. The second-order valence-electron chi connectivity index (χ2n) is 3.85. The van der Waals surface area contributed by atoms with Crippen molar-refractivity contribution in [2.24, 2.45) is 0 Å². The SMILES string of the molecule is CSc1ccc(CCNCCCC(=O)O)cc1. The maximum atomic E-state index is 10.3. The first-order valence-corrected chi connectivity index (χ1v) is 7.00. The van der Waals surface area contributed by atoms with E-state index in [0.717, 1.165) is 19.5 Å². The van der Waals surface area contributed by atoms with Gasteiger partial charge < -0.3 is 10.4 Å². The number of rotatable bonds is 8. The number of thioether (sulfide) groups is 1. The minimum absolute atomic E-state index is 0.245. The molecule has 0 aliphatic heterocycles. The van der Waals surface area contributed by atoms with E-state index in [1.807, 2.05) is 0 Å². The summed E-state index contributed by atoms with van der Waals surface area (Å²) in [5, 5.41) is 11.7. The number of nitrogens with one attached hydrogen (secondary N) is 1. The summed E-state index contributed by atoms with van der Waals surface area (Å²) in [5.41, 5.74) is 1.31. The molecule has 0 radical (unpaired) electrons. The fourth-order valence-electron chi connectivity index (χ4n) is 1.51. The molecular weight excluding hydrogens is 234 g/mol. The molecule has 0 aliphatic rings. The zero-order valence-electron chi connectivity index (χ0n) is 10.1. The molecule has 0 amide bonds. The summed E-state index contributed by atoms with van der Waals surface area (Å²) in [6.45, 7) is 1.67. The van der Waals surface area contributed by atoms with Gasteiger partial charge in [0.25, 0.3) is 0 Å². The topological polar surface area (TPSA) is 49.3 Å². The van der Waals surface area contributed by atoms with E-state index in [2.05, 4.69) is 35.8 Å². The second kappa shape index (κ2) is 8.14. The molecule has 1 aromatic carbocycles. The Morgan fingerprint density at radius 2 is 2.00 bits per heavy atom. The molecule has 4 heteroatoms. The van der Waals surface area contributed by atoms with Crippen LogP contribution in [-0.4, -0.2) is 30.4 Å². The van der Waals surface area contributed by atoms with Crippen LogP contribution >= 0.6 is 11.8 Å². The van der Waals surface area contributed by atoms with Crippen LogP contribution in [0.2, 0.25) is 0 Å². The maximum absolute atomic E-state index is 10.3. The van der Waals surface area contributed by atoms with Crippen molar-refractivity contribution in [2.45, 2.75) is 24.2 Å². The minimum Gasteiger partial charge on any atom is -0.481 e. The molecule has 2 N–H and O–H groups in total. The summed E-state index contributed by atoms with van der Waals surface area (Å²) < 4.78 is 0. The van der Waals surface area contributed by atoms with Gasteiger partial charge in [-0.2, -0.15) is 0 Å². The lowest BCUT2D eigenvalue weighted by atomic mass is 10.1. The van der Waals surface area contributed by atoms with Crippen LogP contribution in [0.15, 0.2) is 29.2 Å². The predicted molar refractivity (Wildman–Crippen MR) is 71.7 cm³/mol. The molecule has 0 saturated heterocycles. The highest BCUT2D eigenvalue weighted by Gasteiger charge is 1.96. The number of benzene rings is 1. The zero-order valence-corrected chi connectivity index (χ0v) is 10.9. The molecule has 0 unspecified atom stereocenters. The van der Waals surface area contributed by atoms with E-state index in [1.165, 1.54) is 10.5 Å². The molecule has 94 valence electrons. The third-order valence-corrected chi connectivity index (χ3v) is 3.24. The normalized spacial score (nSPS) is 10.4. The van der Waals surface area contributed by atoms with Crippen molar-refractivity contribution in [2.75, 3.05) is 19.3 Å². The van der Waals surface area contributed by atoms with Gasteiger partial charge in [0.2, 0.25) is 0 Å². The highest BCUT2D eigenvalue weighted by Crippen LogP contribution is 2.14. The number of hydrogen-bond acceptors (Lipinski definition) is 3. The molecule has 0 fully saturated rings. The summed E-state index contributed by atoms with van der Waals surface area (Å²) in [5.74, 6) is -0.723. The Morgan fingerprint density at radius 1 is 1.29 bits per heavy atom. The van der Waals surface area contributed by atoms with Gasteiger partial charge in [0.05, 0.1) is 0 Å². The predicted octanol–water partition coefficient (Wildman–Crippen LogP) is 2.41. The maximum Gasteiger partial charge on any atom is 0.303 e. The van der Waals surface area contributed by atoms with Crippen LogP contribution in [0.1, 0.15) is 18.4 Å². The third kappa shape index (κ3) is 6.34. The van der Waals surface area contributed by atoms with Crippen LogP contribution in [0, 0.1) is 0 Å². The van der Waals surface area contributed by atoms with Crippen molar-refractivity contribution < 1.29 is 9.90 Å². The van der Waals surface area contributed by atoms with E-state index in [0.29, 0.717) is 6.42 Å². The molecule has 0 aliphatic carbocycles. The van der Waals surface area contributed by atoms with Crippen molar-refractivity contribution >= 4 is 17.7 Å². The van der Waals surface area contributed by atoms with Gasteiger partial charge in [0, 0.05) is 11.3 Å². The van der Waals surface area contributed by atoms with Crippen molar-refractivity contribution in [3.05, 3.63) is 29.8 Å². The molecule has 0 bridgehead atoms. The van der Waals surface area contributed by atoms with Gasteiger partial charge in [-0.05, 0) is 49.9 Å². The van der Waals surface area contributed by atoms with Gasteiger partial charge in [-0.25, -0.2) is 0 Å². The molecular formula is C13H19NO2S.